The summed E-state index contributed by atoms with van der Waals surface area (Å²) >= 11 is 0. The van der Waals surface area contributed by atoms with Crippen molar-refractivity contribution in [2.75, 3.05) is 11.9 Å². The SMILES string of the molecule is O=C(O)c1cccc(NCCCn2cccn2)n1. The van der Waals surface area contributed by atoms with Crippen molar-refractivity contribution in [2.24, 2.45) is 0 Å². The Morgan fingerprint density at radius 3 is 3.00 bits per heavy atom. The van der Waals surface area contributed by atoms with Crippen molar-refractivity contribution in [1.29, 1.82) is 0 Å². The molecule has 18 heavy (non-hydrogen) atoms. The predicted molar refractivity (Wildman–Crippen MR) is 66.5 cm³/mol. The number of nitrogens with zero attached hydrogens (tertiary/aromatic N) is 3. The third kappa shape index (κ3) is 3.31. The fourth-order valence-electron chi connectivity index (χ4n) is 1.54. The van der Waals surface area contributed by atoms with Crippen LogP contribution in [-0.2, 0) is 6.54 Å². The summed E-state index contributed by atoms with van der Waals surface area (Å²) in [7, 11) is 0. The highest BCUT2D eigenvalue weighted by molar-refractivity contribution is 5.85. The number of aryl methyl sites for hydroxylation is 1. The van der Waals surface area contributed by atoms with Crippen LogP contribution in [-0.4, -0.2) is 32.4 Å². The zero-order valence-corrected chi connectivity index (χ0v) is 9.78. The van der Waals surface area contributed by atoms with E-state index >= 15 is 0 Å². The van der Waals surface area contributed by atoms with Crippen LogP contribution in [0, 0.1) is 0 Å². The molecule has 0 atom stereocenters. The van der Waals surface area contributed by atoms with Gasteiger partial charge in [0, 0.05) is 25.5 Å². The topological polar surface area (TPSA) is 80.0 Å². The third-order valence-electron chi connectivity index (χ3n) is 2.40. The molecule has 0 aliphatic heterocycles. The van der Waals surface area contributed by atoms with Gasteiger partial charge in [-0.05, 0) is 24.6 Å². The summed E-state index contributed by atoms with van der Waals surface area (Å²) in [6, 6.07) is 6.77. The summed E-state index contributed by atoms with van der Waals surface area (Å²) in [5, 5.41) is 16.0. The van der Waals surface area contributed by atoms with E-state index < -0.39 is 5.97 Å². The second-order valence-corrected chi connectivity index (χ2v) is 3.76. The molecular formula is C12H14N4O2. The summed E-state index contributed by atoms with van der Waals surface area (Å²) in [4.78, 5) is 14.7. The van der Waals surface area contributed by atoms with Crippen molar-refractivity contribution in [1.82, 2.24) is 14.8 Å². The monoisotopic (exact) mass is 246 g/mol. The van der Waals surface area contributed by atoms with E-state index in [2.05, 4.69) is 15.4 Å². The van der Waals surface area contributed by atoms with Crippen LogP contribution in [0.3, 0.4) is 0 Å². The lowest BCUT2D eigenvalue weighted by Crippen LogP contribution is -2.09. The van der Waals surface area contributed by atoms with Gasteiger partial charge in [-0.3, -0.25) is 4.68 Å². The average molecular weight is 246 g/mol. The van der Waals surface area contributed by atoms with Crippen molar-refractivity contribution in [3.8, 4) is 0 Å². The van der Waals surface area contributed by atoms with Gasteiger partial charge in [-0.15, -0.1) is 0 Å². The Morgan fingerprint density at radius 1 is 1.39 bits per heavy atom. The number of rotatable bonds is 6. The highest BCUT2D eigenvalue weighted by Crippen LogP contribution is 2.05. The van der Waals surface area contributed by atoms with E-state index in [1.165, 1.54) is 6.07 Å². The van der Waals surface area contributed by atoms with Gasteiger partial charge in [-0.2, -0.15) is 5.10 Å². The van der Waals surface area contributed by atoms with E-state index in [1.807, 2.05) is 16.9 Å². The Labute approximate surface area is 104 Å². The fraction of sp³-hybridized carbons (Fsp3) is 0.250. The summed E-state index contributed by atoms with van der Waals surface area (Å²) in [5.74, 6) is -0.439. The number of nitrogens with one attached hydrogen (secondary N) is 1. The Hall–Kier alpha value is -2.37. The maximum absolute atomic E-state index is 10.7. The molecule has 0 saturated heterocycles. The van der Waals surface area contributed by atoms with Crippen LogP contribution in [0.4, 0.5) is 5.82 Å². The molecular weight excluding hydrogens is 232 g/mol. The van der Waals surface area contributed by atoms with Gasteiger partial charge < -0.3 is 10.4 Å². The number of anilines is 1. The molecule has 0 aliphatic rings. The molecule has 2 heterocycles. The third-order valence-corrected chi connectivity index (χ3v) is 2.40. The highest BCUT2D eigenvalue weighted by Gasteiger charge is 2.04. The molecule has 2 aromatic heterocycles. The largest absolute Gasteiger partial charge is 0.477 e. The standard InChI is InChI=1S/C12H14N4O2/c17-12(18)10-4-1-5-11(15-10)13-6-2-8-16-9-3-7-14-16/h1,3-5,7,9H,2,6,8H2,(H,13,15)(H,17,18). The van der Waals surface area contributed by atoms with Gasteiger partial charge in [0.15, 0.2) is 5.69 Å². The quantitative estimate of drug-likeness (QED) is 0.754. The molecule has 0 bridgehead atoms. The molecule has 0 saturated carbocycles. The summed E-state index contributed by atoms with van der Waals surface area (Å²) in [6.07, 6.45) is 4.54. The van der Waals surface area contributed by atoms with Gasteiger partial charge in [0.1, 0.15) is 5.82 Å². The predicted octanol–water partition coefficient (Wildman–Crippen LogP) is 1.48. The minimum atomic E-state index is -1.02. The molecule has 94 valence electrons. The van der Waals surface area contributed by atoms with E-state index in [4.69, 9.17) is 5.11 Å². The first-order valence-electron chi connectivity index (χ1n) is 5.67. The Morgan fingerprint density at radius 2 is 2.28 bits per heavy atom. The van der Waals surface area contributed by atoms with Crippen LogP contribution < -0.4 is 5.32 Å². The minimum Gasteiger partial charge on any atom is -0.477 e. The maximum Gasteiger partial charge on any atom is 0.354 e. The van der Waals surface area contributed by atoms with Crippen molar-refractivity contribution in [3.63, 3.8) is 0 Å². The van der Waals surface area contributed by atoms with Crippen molar-refractivity contribution >= 4 is 11.8 Å². The molecule has 2 N–H and O–H groups in total. The summed E-state index contributed by atoms with van der Waals surface area (Å²) in [6.45, 7) is 1.54. The van der Waals surface area contributed by atoms with Crippen LogP contribution in [0.1, 0.15) is 16.9 Å². The van der Waals surface area contributed by atoms with E-state index in [9.17, 15) is 4.79 Å². The molecule has 6 nitrogen and oxygen atoms in total. The van der Waals surface area contributed by atoms with Gasteiger partial charge in [-0.25, -0.2) is 9.78 Å². The van der Waals surface area contributed by atoms with Gasteiger partial charge in [-0.1, -0.05) is 6.07 Å². The number of aromatic carboxylic acids is 1. The molecule has 6 heteroatoms. The number of hydrogen-bond donors (Lipinski definition) is 2. The van der Waals surface area contributed by atoms with E-state index in [0.717, 1.165) is 19.5 Å². The van der Waals surface area contributed by atoms with Gasteiger partial charge in [0.05, 0.1) is 0 Å². The molecule has 2 aromatic rings. The first-order valence-corrected chi connectivity index (χ1v) is 5.67. The van der Waals surface area contributed by atoms with Crippen molar-refractivity contribution < 1.29 is 9.90 Å². The highest BCUT2D eigenvalue weighted by atomic mass is 16.4. The number of carbonyl (C=O) groups is 1. The lowest BCUT2D eigenvalue weighted by atomic mass is 10.3. The molecule has 0 amide bonds. The molecule has 0 radical (unpaired) electrons. The normalized spacial score (nSPS) is 10.2. The molecule has 0 spiro atoms. The van der Waals surface area contributed by atoms with Gasteiger partial charge in [0.25, 0.3) is 0 Å². The smallest absolute Gasteiger partial charge is 0.354 e. The first-order chi connectivity index (χ1) is 8.75. The van der Waals surface area contributed by atoms with Crippen LogP contribution in [0.5, 0.6) is 0 Å². The summed E-state index contributed by atoms with van der Waals surface area (Å²) < 4.78 is 1.85. The minimum absolute atomic E-state index is 0.0482. The zero-order valence-electron chi connectivity index (χ0n) is 9.78. The molecule has 0 aliphatic carbocycles. The Bertz CT molecular complexity index is 511. The molecule has 2 rings (SSSR count). The van der Waals surface area contributed by atoms with E-state index in [-0.39, 0.29) is 5.69 Å². The molecule has 0 fully saturated rings. The average Bonchev–Trinajstić information content (AvgIpc) is 2.88. The van der Waals surface area contributed by atoms with E-state index in [0.29, 0.717) is 5.82 Å². The second-order valence-electron chi connectivity index (χ2n) is 3.76. The van der Waals surface area contributed by atoms with Gasteiger partial charge >= 0.3 is 5.97 Å². The Balaban J connectivity index is 1.79. The van der Waals surface area contributed by atoms with Crippen LogP contribution in [0.2, 0.25) is 0 Å². The maximum atomic E-state index is 10.7. The summed E-state index contributed by atoms with van der Waals surface area (Å²) in [5.41, 5.74) is 0.0482. The fourth-order valence-corrected chi connectivity index (χ4v) is 1.54. The number of carboxylic acid groups (broad SMARTS) is 1. The van der Waals surface area contributed by atoms with Gasteiger partial charge in [0.2, 0.25) is 0 Å². The number of carboxylic acids is 1. The number of aromatic nitrogens is 3. The van der Waals surface area contributed by atoms with Crippen LogP contribution in [0.15, 0.2) is 36.7 Å². The van der Waals surface area contributed by atoms with Crippen molar-refractivity contribution in [3.05, 3.63) is 42.4 Å². The Kier molecular flexibility index (Phi) is 3.90. The molecule has 0 aromatic carbocycles. The first kappa shape index (κ1) is 12.1. The molecule has 0 unspecified atom stereocenters. The zero-order chi connectivity index (χ0) is 12.8. The number of hydrogen-bond acceptors (Lipinski definition) is 4. The number of pyridine rings is 1. The second kappa shape index (κ2) is 5.81. The van der Waals surface area contributed by atoms with Crippen molar-refractivity contribution in [2.45, 2.75) is 13.0 Å². The lowest BCUT2D eigenvalue weighted by molar-refractivity contribution is 0.0690. The lowest BCUT2D eigenvalue weighted by Gasteiger charge is -2.06. The van der Waals surface area contributed by atoms with Crippen LogP contribution in [0.25, 0.3) is 0 Å². The van der Waals surface area contributed by atoms with Crippen LogP contribution >= 0.6 is 0 Å². The van der Waals surface area contributed by atoms with E-state index in [1.54, 1.807) is 18.3 Å².